The van der Waals surface area contributed by atoms with Crippen molar-refractivity contribution in [2.75, 3.05) is 12.3 Å². The van der Waals surface area contributed by atoms with Crippen molar-refractivity contribution in [3.8, 4) is 10.7 Å². The number of amides is 1. The molecule has 28 heavy (non-hydrogen) atoms. The van der Waals surface area contributed by atoms with E-state index in [4.69, 9.17) is 0 Å². The lowest BCUT2D eigenvalue weighted by Gasteiger charge is -2.33. The number of hydrogen-bond acceptors (Lipinski definition) is 5. The molecule has 1 atom stereocenters. The molecular weight excluding hydrogens is 388 g/mol. The van der Waals surface area contributed by atoms with Gasteiger partial charge in [0.05, 0.1) is 17.2 Å². The Kier molecular flexibility index (Phi) is 6.12. The summed E-state index contributed by atoms with van der Waals surface area (Å²) in [5.41, 5.74) is 1.19. The maximum Gasteiger partial charge on any atom is 0.233 e. The molecule has 1 aliphatic rings. The first-order valence-electron chi connectivity index (χ1n) is 9.65. The van der Waals surface area contributed by atoms with Crippen molar-refractivity contribution in [2.24, 2.45) is 0 Å². The normalized spacial score (nSPS) is 17.0. The SMILES string of the molecule is C[C@H]1CCCCN1C(=O)CSc1nnc(-c2cccs2)n1Cc1ccccc1. The van der Waals surface area contributed by atoms with Gasteiger partial charge in [-0.1, -0.05) is 48.2 Å². The smallest absolute Gasteiger partial charge is 0.233 e. The maximum atomic E-state index is 12.7. The van der Waals surface area contributed by atoms with Crippen molar-refractivity contribution in [3.63, 3.8) is 0 Å². The van der Waals surface area contributed by atoms with Gasteiger partial charge in [-0.3, -0.25) is 9.36 Å². The Hall–Kier alpha value is -2.12. The third kappa shape index (κ3) is 4.31. The van der Waals surface area contributed by atoms with Crippen LogP contribution in [-0.4, -0.2) is 43.9 Å². The molecule has 1 saturated heterocycles. The molecule has 7 heteroatoms. The minimum atomic E-state index is 0.198. The van der Waals surface area contributed by atoms with Gasteiger partial charge >= 0.3 is 0 Å². The number of likely N-dealkylation sites (tertiary alicyclic amines) is 1. The van der Waals surface area contributed by atoms with Gasteiger partial charge in [-0.15, -0.1) is 21.5 Å². The summed E-state index contributed by atoms with van der Waals surface area (Å²) < 4.78 is 2.12. The van der Waals surface area contributed by atoms with Gasteiger partial charge in [-0.25, -0.2) is 0 Å². The first-order valence-corrected chi connectivity index (χ1v) is 11.5. The highest BCUT2D eigenvalue weighted by molar-refractivity contribution is 7.99. The van der Waals surface area contributed by atoms with E-state index < -0.39 is 0 Å². The Morgan fingerprint density at radius 3 is 2.79 bits per heavy atom. The molecule has 3 aromatic rings. The van der Waals surface area contributed by atoms with Crippen LogP contribution in [0.25, 0.3) is 10.7 Å². The Morgan fingerprint density at radius 2 is 2.04 bits per heavy atom. The summed E-state index contributed by atoms with van der Waals surface area (Å²) >= 11 is 3.14. The fourth-order valence-electron chi connectivity index (χ4n) is 3.57. The molecule has 0 bridgehead atoms. The lowest BCUT2D eigenvalue weighted by molar-refractivity contribution is -0.131. The summed E-state index contributed by atoms with van der Waals surface area (Å²) in [6.07, 6.45) is 3.42. The molecule has 0 saturated carbocycles. The van der Waals surface area contributed by atoms with E-state index in [1.165, 1.54) is 23.7 Å². The molecule has 0 radical (unpaired) electrons. The molecule has 0 aliphatic carbocycles. The van der Waals surface area contributed by atoms with E-state index in [2.05, 4.69) is 39.9 Å². The van der Waals surface area contributed by atoms with Gasteiger partial charge in [0.15, 0.2) is 11.0 Å². The lowest BCUT2D eigenvalue weighted by Crippen LogP contribution is -2.43. The highest BCUT2D eigenvalue weighted by Crippen LogP contribution is 2.28. The van der Waals surface area contributed by atoms with Crippen LogP contribution in [0.3, 0.4) is 0 Å². The number of nitrogens with zero attached hydrogens (tertiary/aromatic N) is 4. The third-order valence-corrected chi connectivity index (χ3v) is 6.91. The second-order valence-corrected chi connectivity index (χ2v) is 8.97. The summed E-state index contributed by atoms with van der Waals surface area (Å²) in [6.45, 7) is 3.71. The van der Waals surface area contributed by atoms with Gasteiger partial charge in [-0.05, 0) is 43.2 Å². The number of hydrogen-bond donors (Lipinski definition) is 0. The zero-order chi connectivity index (χ0) is 19.3. The lowest BCUT2D eigenvalue weighted by atomic mass is 10.0. The van der Waals surface area contributed by atoms with Crippen molar-refractivity contribution < 1.29 is 4.79 Å². The Bertz CT molecular complexity index is 908. The Labute approximate surface area is 173 Å². The van der Waals surface area contributed by atoms with Crippen molar-refractivity contribution in [3.05, 3.63) is 53.4 Å². The highest BCUT2D eigenvalue weighted by Gasteiger charge is 2.24. The second kappa shape index (κ2) is 8.92. The quantitative estimate of drug-likeness (QED) is 0.558. The fraction of sp³-hybridized carbons (Fsp3) is 0.381. The molecular formula is C21H24N4OS2. The molecule has 5 nitrogen and oxygen atoms in total. The Balaban J connectivity index is 1.54. The third-order valence-electron chi connectivity index (χ3n) is 5.09. The zero-order valence-electron chi connectivity index (χ0n) is 16.0. The van der Waals surface area contributed by atoms with Crippen molar-refractivity contribution in [2.45, 2.75) is 43.9 Å². The van der Waals surface area contributed by atoms with Crippen LogP contribution in [0.15, 0.2) is 53.0 Å². The average molecular weight is 413 g/mol. The van der Waals surface area contributed by atoms with Gasteiger partial charge in [0.25, 0.3) is 0 Å². The number of aromatic nitrogens is 3. The van der Waals surface area contributed by atoms with Crippen LogP contribution in [0.4, 0.5) is 0 Å². The average Bonchev–Trinajstić information content (AvgIpc) is 3.37. The zero-order valence-corrected chi connectivity index (χ0v) is 17.6. The monoisotopic (exact) mass is 412 g/mol. The first-order chi connectivity index (χ1) is 13.7. The summed E-state index contributed by atoms with van der Waals surface area (Å²) in [5.74, 6) is 1.46. The van der Waals surface area contributed by atoms with E-state index in [0.717, 1.165) is 35.2 Å². The van der Waals surface area contributed by atoms with Crippen LogP contribution in [0.1, 0.15) is 31.7 Å². The number of benzene rings is 1. The van der Waals surface area contributed by atoms with Gasteiger partial charge in [0.2, 0.25) is 5.91 Å². The fourth-order valence-corrected chi connectivity index (χ4v) is 5.11. The van der Waals surface area contributed by atoms with Crippen LogP contribution >= 0.6 is 23.1 Å². The largest absolute Gasteiger partial charge is 0.339 e. The van der Waals surface area contributed by atoms with Crippen LogP contribution in [0, 0.1) is 0 Å². The number of carbonyl (C=O) groups excluding carboxylic acids is 1. The van der Waals surface area contributed by atoms with Crippen LogP contribution in [-0.2, 0) is 11.3 Å². The van der Waals surface area contributed by atoms with Gasteiger partial charge in [-0.2, -0.15) is 0 Å². The predicted octanol–water partition coefficient (Wildman–Crippen LogP) is 4.55. The molecule has 2 aromatic heterocycles. The number of thiophene rings is 1. The summed E-state index contributed by atoms with van der Waals surface area (Å²) in [4.78, 5) is 15.8. The van der Waals surface area contributed by atoms with Gasteiger partial charge in [0, 0.05) is 12.6 Å². The minimum Gasteiger partial charge on any atom is -0.339 e. The first kappa shape index (κ1) is 19.2. The van der Waals surface area contributed by atoms with E-state index in [0.29, 0.717) is 18.3 Å². The number of piperidine rings is 1. The molecule has 146 valence electrons. The molecule has 0 spiro atoms. The van der Waals surface area contributed by atoms with Crippen LogP contribution < -0.4 is 0 Å². The van der Waals surface area contributed by atoms with Gasteiger partial charge < -0.3 is 4.90 Å². The second-order valence-electron chi connectivity index (χ2n) is 7.08. The van der Waals surface area contributed by atoms with E-state index in [9.17, 15) is 4.79 Å². The standard InChI is InChI=1S/C21H24N4OS2/c1-16-8-5-6-12-24(16)19(26)15-28-21-23-22-20(18-11-7-13-27-18)25(21)14-17-9-3-2-4-10-17/h2-4,7,9-11,13,16H,5-6,8,12,14-15H2,1H3/t16-/m0/s1. The van der Waals surface area contributed by atoms with E-state index >= 15 is 0 Å². The summed E-state index contributed by atoms with van der Waals surface area (Å²) in [6, 6.07) is 14.7. The van der Waals surface area contributed by atoms with Crippen molar-refractivity contribution in [1.82, 2.24) is 19.7 Å². The number of rotatable bonds is 6. The molecule has 1 aliphatic heterocycles. The molecule has 1 amide bonds. The van der Waals surface area contributed by atoms with Crippen LogP contribution in [0.5, 0.6) is 0 Å². The molecule has 3 heterocycles. The van der Waals surface area contributed by atoms with Crippen molar-refractivity contribution in [1.29, 1.82) is 0 Å². The van der Waals surface area contributed by atoms with E-state index in [1.807, 2.05) is 34.5 Å². The van der Waals surface area contributed by atoms with Crippen LogP contribution in [0.2, 0.25) is 0 Å². The maximum absolute atomic E-state index is 12.7. The van der Waals surface area contributed by atoms with E-state index in [-0.39, 0.29) is 5.91 Å². The highest BCUT2D eigenvalue weighted by atomic mass is 32.2. The molecule has 0 unspecified atom stereocenters. The number of thioether (sulfide) groups is 1. The Morgan fingerprint density at radius 1 is 1.18 bits per heavy atom. The predicted molar refractivity (Wildman–Crippen MR) is 115 cm³/mol. The summed E-state index contributed by atoms with van der Waals surface area (Å²) in [5, 5.41) is 11.7. The minimum absolute atomic E-state index is 0.198. The molecule has 4 rings (SSSR count). The van der Waals surface area contributed by atoms with Gasteiger partial charge in [0.1, 0.15) is 0 Å². The van der Waals surface area contributed by atoms with E-state index in [1.54, 1.807) is 11.3 Å². The number of carbonyl (C=O) groups is 1. The molecule has 0 N–H and O–H groups in total. The van der Waals surface area contributed by atoms with Crippen molar-refractivity contribution >= 4 is 29.0 Å². The molecule has 1 fully saturated rings. The summed E-state index contributed by atoms with van der Waals surface area (Å²) in [7, 11) is 0. The molecule has 1 aromatic carbocycles. The topological polar surface area (TPSA) is 51.0 Å².